The van der Waals surface area contributed by atoms with E-state index < -0.39 is 17.5 Å². The first-order valence-electron chi connectivity index (χ1n) is 8.35. The van der Waals surface area contributed by atoms with Crippen LogP contribution in [0.1, 0.15) is 10.5 Å². The predicted octanol–water partition coefficient (Wildman–Crippen LogP) is 3.52. The van der Waals surface area contributed by atoms with E-state index in [9.17, 15) is 13.6 Å². The lowest BCUT2D eigenvalue weighted by atomic mass is 10.2. The fraction of sp³-hybridized carbons (Fsp3) is 0.105. The monoisotopic (exact) mass is 384 g/mol. The molecule has 0 atom stereocenters. The number of amides is 1. The lowest BCUT2D eigenvalue weighted by molar-refractivity contribution is 0.102. The third kappa shape index (κ3) is 3.83. The van der Waals surface area contributed by atoms with E-state index in [4.69, 9.17) is 9.47 Å². The second kappa shape index (κ2) is 7.47. The van der Waals surface area contributed by atoms with Crippen molar-refractivity contribution in [1.29, 1.82) is 0 Å². The SMILES string of the molecule is O=C(Nc1ccc(F)cc1F)c1ccc(Nc2ccc3c(c2)OCCO3)nn1. The molecule has 2 N–H and O–H groups in total. The van der Waals surface area contributed by atoms with Gasteiger partial charge in [0.25, 0.3) is 5.91 Å². The van der Waals surface area contributed by atoms with Gasteiger partial charge in [-0.2, -0.15) is 0 Å². The van der Waals surface area contributed by atoms with Crippen LogP contribution in [0, 0.1) is 11.6 Å². The van der Waals surface area contributed by atoms with E-state index in [1.807, 2.05) is 0 Å². The molecule has 2 heterocycles. The quantitative estimate of drug-likeness (QED) is 0.716. The van der Waals surface area contributed by atoms with Crippen LogP contribution in [0.3, 0.4) is 0 Å². The zero-order valence-electron chi connectivity index (χ0n) is 14.4. The fourth-order valence-electron chi connectivity index (χ4n) is 2.57. The third-order valence-corrected chi connectivity index (χ3v) is 3.89. The van der Waals surface area contributed by atoms with Gasteiger partial charge in [0, 0.05) is 17.8 Å². The normalized spacial score (nSPS) is 12.4. The molecule has 142 valence electrons. The van der Waals surface area contributed by atoms with Crippen molar-refractivity contribution in [3.63, 3.8) is 0 Å². The molecule has 1 aliphatic heterocycles. The molecule has 0 radical (unpaired) electrons. The van der Waals surface area contributed by atoms with Crippen LogP contribution >= 0.6 is 0 Å². The van der Waals surface area contributed by atoms with Crippen molar-refractivity contribution in [1.82, 2.24) is 10.2 Å². The second-order valence-electron chi connectivity index (χ2n) is 5.87. The number of nitrogens with one attached hydrogen (secondary N) is 2. The number of hydrogen-bond donors (Lipinski definition) is 2. The zero-order chi connectivity index (χ0) is 19.5. The van der Waals surface area contributed by atoms with Gasteiger partial charge in [0.05, 0.1) is 5.69 Å². The maximum Gasteiger partial charge on any atom is 0.276 e. The van der Waals surface area contributed by atoms with Crippen molar-refractivity contribution in [2.24, 2.45) is 0 Å². The van der Waals surface area contributed by atoms with Gasteiger partial charge in [0.2, 0.25) is 0 Å². The Morgan fingerprint density at radius 1 is 0.929 bits per heavy atom. The first kappa shape index (κ1) is 17.7. The van der Waals surface area contributed by atoms with E-state index in [0.717, 1.165) is 12.1 Å². The lowest BCUT2D eigenvalue weighted by Gasteiger charge is -2.19. The Morgan fingerprint density at radius 3 is 2.50 bits per heavy atom. The summed E-state index contributed by atoms with van der Waals surface area (Å²) in [5.74, 6) is -0.572. The van der Waals surface area contributed by atoms with Gasteiger partial charge < -0.3 is 20.1 Å². The highest BCUT2D eigenvalue weighted by molar-refractivity contribution is 6.02. The van der Waals surface area contributed by atoms with Gasteiger partial charge in [-0.15, -0.1) is 10.2 Å². The van der Waals surface area contributed by atoms with Gasteiger partial charge in [0.15, 0.2) is 23.0 Å². The number of carbonyl (C=O) groups excluding carboxylic acids is 1. The molecule has 3 aromatic rings. The molecule has 0 saturated carbocycles. The summed E-state index contributed by atoms with van der Waals surface area (Å²) >= 11 is 0. The number of halogens is 2. The summed E-state index contributed by atoms with van der Waals surface area (Å²) in [7, 11) is 0. The molecule has 28 heavy (non-hydrogen) atoms. The van der Waals surface area contributed by atoms with Crippen LogP contribution in [0.4, 0.5) is 26.0 Å². The largest absolute Gasteiger partial charge is 0.486 e. The number of carbonyl (C=O) groups is 1. The van der Waals surface area contributed by atoms with Crippen LogP contribution in [0.25, 0.3) is 0 Å². The van der Waals surface area contributed by atoms with E-state index in [1.54, 1.807) is 24.3 Å². The van der Waals surface area contributed by atoms with Crippen molar-refractivity contribution in [2.45, 2.75) is 0 Å². The second-order valence-corrected chi connectivity index (χ2v) is 5.87. The van der Waals surface area contributed by atoms with Gasteiger partial charge >= 0.3 is 0 Å². The van der Waals surface area contributed by atoms with Crippen molar-refractivity contribution in [3.8, 4) is 11.5 Å². The molecule has 1 aromatic heterocycles. The lowest BCUT2D eigenvalue weighted by Crippen LogP contribution is -2.16. The molecule has 0 fully saturated rings. The minimum atomic E-state index is -0.877. The number of benzene rings is 2. The number of nitrogens with zero attached hydrogens (tertiary/aromatic N) is 2. The molecule has 0 aliphatic carbocycles. The molecule has 1 amide bonds. The number of anilines is 3. The third-order valence-electron chi connectivity index (χ3n) is 3.89. The van der Waals surface area contributed by atoms with Crippen LogP contribution in [-0.2, 0) is 0 Å². The van der Waals surface area contributed by atoms with Crippen molar-refractivity contribution in [3.05, 3.63) is 65.9 Å². The highest BCUT2D eigenvalue weighted by Gasteiger charge is 2.14. The minimum absolute atomic E-state index is 0.0172. The molecule has 0 bridgehead atoms. The maximum atomic E-state index is 13.6. The molecule has 0 spiro atoms. The Kier molecular flexibility index (Phi) is 4.71. The Balaban J connectivity index is 1.44. The Labute approximate surface area is 158 Å². The summed E-state index contributed by atoms with van der Waals surface area (Å²) in [6, 6.07) is 11.2. The van der Waals surface area contributed by atoms with Crippen molar-refractivity contribution >= 4 is 23.1 Å². The zero-order valence-corrected chi connectivity index (χ0v) is 14.4. The van der Waals surface area contributed by atoms with Crippen LogP contribution in [0.2, 0.25) is 0 Å². The fourth-order valence-corrected chi connectivity index (χ4v) is 2.57. The molecular formula is C19H14F2N4O3. The smallest absolute Gasteiger partial charge is 0.276 e. The van der Waals surface area contributed by atoms with Gasteiger partial charge in [0.1, 0.15) is 24.8 Å². The Morgan fingerprint density at radius 2 is 1.75 bits per heavy atom. The van der Waals surface area contributed by atoms with Crippen LogP contribution in [0.15, 0.2) is 48.5 Å². The van der Waals surface area contributed by atoms with E-state index >= 15 is 0 Å². The number of ether oxygens (including phenoxy) is 2. The average Bonchev–Trinajstić information content (AvgIpc) is 2.70. The van der Waals surface area contributed by atoms with Crippen molar-refractivity contribution in [2.75, 3.05) is 23.8 Å². The van der Waals surface area contributed by atoms with Crippen LogP contribution in [-0.4, -0.2) is 29.3 Å². The molecule has 9 heteroatoms. The highest BCUT2D eigenvalue weighted by Crippen LogP contribution is 2.33. The summed E-state index contributed by atoms with van der Waals surface area (Å²) in [4.78, 5) is 12.2. The Bertz CT molecular complexity index is 1030. The highest BCUT2D eigenvalue weighted by atomic mass is 19.1. The van der Waals surface area contributed by atoms with Gasteiger partial charge in [-0.05, 0) is 36.4 Å². The molecule has 0 saturated heterocycles. The van der Waals surface area contributed by atoms with E-state index in [0.29, 0.717) is 42.3 Å². The van der Waals surface area contributed by atoms with Gasteiger partial charge in [-0.1, -0.05) is 0 Å². The van der Waals surface area contributed by atoms with Crippen molar-refractivity contribution < 1.29 is 23.0 Å². The molecule has 0 unspecified atom stereocenters. The van der Waals surface area contributed by atoms with E-state index in [-0.39, 0.29) is 11.4 Å². The minimum Gasteiger partial charge on any atom is -0.486 e. The van der Waals surface area contributed by atoms with Crippen LogP contribution < -0.4 is 20.1 Å². The standard InChI is InChI=1S/C19H14F2N4O3/c20-11-1-3-14(13(21)9-11)23-19(26)15-4-6-18(25-24-15)22-12-2-5-16-17(10-12)28-8-7-27-16/h1-6,9-10H,7-8H2,(H,22,25)(H,23,26). The Hall–Kier alpha value is -3.75. The summed E-state index contributed by atoms with van der Waals surface area (Å²) < 4.78 is 37.5. The molecule has 4 rings (SSSR count). The number of aromatic nitrogens is 2. The van der Waals surface area contributed by atoms with Gasteiger partial charge in [-0.25, -0.2) is 8.78 Å². The molecule has 7 nitrogen and oxygen atoms in total. The number of fused-ring (bicyclic) bond motifs is 1. The summed E-state index contributed by atoms with van der Waals surface area (Å²) in [6.45, 7) is 0.991. The topological polar surface area (TPSA) is 85.4 Å². The predicted molar refractivity (Wildman–Crippen MR) is 97.1 cm³/mol. The van der Waals surface area contributed by atoms with E-state index in [2.05, 4.69) is 20.8 Å². The van der Waals surface area contributed by atoms with Crippen LogP contribution in [0.5, 0.6) is 11.5 Å². The summed E-state index contributed by atoms with van der Waals surface area (Å²) in [5, 5.41) is 13.1. The molecule has 1 aliphatic rings. The molecule has 2 aromatic carbocycles. The number of hydrogen-bond acceptors (Lipinski definition) is 6. The number of rotatable bonds is 4. The summed E-state index contributed by atoms with van der Waals surface area (Å²) in [6.07, 6.45) is 0. The maximum absolute atomic E-state index is 13.6. The van der Waals surface area contributed by atoms with Gasteiger partial charge in [-0.3, -0.25) is 4.79 Å². The summed E-state index contributed by atoms with van der Waals surface area (Å²) in [5.41, 5.74) is 0.548. The average molecular weight is 384 g/mol. The first-order chi connectivity index (χ1) is 13.6. The molecular weight excluding hydrogens is 370 g/mol. The first-order valence-corrected chi connectivity index (χ1v) is 8.35. The van der Waals surface area contributed by atoms with E-state index in [1.165, 1.54) is 6.07 Å².